The minimum atomic E-state index is -2.90. The van der Waals surface area contributed by atoms with Crippen LogP contribution in [-0.2, 0) is 17.6 Å². The Hall–Kier alpha value is -4.92. The van der Waals surface area contributed by atoms with Crippen LogP contribution in [0.2, 0.25) is 5.04 Å². The molecule has 0 saturated carbocycles. The lowest BCUT2D eigenvalue weighted by atomic mass is 9.94. The standard InChI is InChI=1S/C43H46FNO5Si/c1-29-20-33(44)18-19-38(29)39-23-32(28-49-51(43(3,4)5,36-14-10-8-11-15-36)37-16-12-9-13-17-37)24-40-41(39)50-30(2)26-45(42(40)46)27-31-21-34(47-6)25-35(22-31)48-7/h8-25,30H,26-28H2,1-7H3. The van der Waals surface area contributed by atoms with Gasteiger partial charge in [-0.1, -0.05) is 87.5 Å². The van der Waals surface area contributed by atoms with E-state index < -0.39 is 8.32 Å². The lowest BCUT2D eigenvalue weighted by molar-refractivity contribution is 0.0706. The van der Waals surface area contributed by atoms with Gasteiger partial charge in [0.1, 0.15) is 29.2 Å². The number of hydrogen-bond acceptors (Lipinski definition) is 5. The molecule has 8 heteroatoms. The summed E-state index contributed by atoms with van der Waals surface area (Å²) in [5, 5.41) is 2.10. The third-order valence-corrected chi connectivity index (χ3v) is 14.6. The fourth-order valence-corrected chi connectivity index (χ4v) is 11.8. The zero-order valence-corrected chi connectivity index (χ0v) is 31.5. The highest BCUT2D eigenvalue weighted by Crippen LogP contribution is 2.41. The normalized spacial score (nSPS) is 14.8. The Bertz CT molecular complexity index is 1950. The van der Waals surface area contributed by atoms with E-state index in [0.717, 1.165) is 27.8 Å². The Balaban J connectivity index is 1.48. The van der Waals surface area contributed by atoms with E-state index in [2.05, 4.69) is 69.3 Å². The molecule has 1 heterocycles. The fraction of sp³-hybridized carbons (Fsp3) is 0.279. The minimum Gasteiger partial charge on any atom is -0.497 e. The summed E-state index contributed by atoms with van der Waals surface area (Å²) in [6.45, 7) is 11.5. The van der Waals surface area contributed by atoms with Crippen LogP contribution in [-0.4, -0.2) is 46.0 Å². The Kier molecular flexibility index (Phi) is 10.4. The van der Waals surface area contributed by atoms with E-state index in [1.165, 1.54) is 22.5 Å². The van der Waals surface area contributed by atoms with Gasteiger partial charge in [0, 0.05) is 18.2 Å². The number of benzene rings is 5. The molecule has 1 aliphatic rings. The van der Waals surface area contributed by atoms with Crippen LogP contribution in [0.5, 0.6) is 17.2 Å². The van der Waals surface area contributed by atoms with Crippen molar-refractivity contribution in [2.45, 2.75) is 58.9 Å². The first-order chi connectivity index (χ1) is 24.4. The highest BCUT2D eigenvalue weighted by molar-refractivity contribution is 6.99. The van der Waals surface area contributed by atoms with Crippen LogP contribution >= 0.6 is 0 Å². The summed E-state index contributed by atoms with van der Waals surface area (Å²) >= 11 is 0. The molecule has 0 aromatic heterocycles. The number of ether oxygens (including phenoxy) is 3. The number of nitrogens with zero attached hydrogens (tertiary/aromatic N) is 1. The van der Waals surface area contributed by atoms with Gasteiger partial charge in [-0.15, -0.1) is 0 Å². The second-order valence-electron chi connectivity index (χ2n) is 14.3. The molecule has 0 radical (unpaired) electrons. The second kappa shape index (κ2) is 14.7. The average Bonchev–Trinajstić information content (AvgIpc) is 3.23. The number of hydrogen-bond donors (Lipinski definition) is 0. The van der Waals surface area contributed by atoms with Crippen LogP contribution in [0.3, 0.4) is 0 Å². The summed E-state index contributed by atoms with van der Waals surface area (Å²) in [5.74, 6) is 1.30. The molecule has 1 aliphatic heterocycles. The maximum absolute atomic E-state index is 14.7. The number of amides is 1. The third kappa shape index (κ3) is 7.30. The molecule has 5 aromatic rings. The van der Waals surface area contributed by atoms with Crippen molar-refractivity contribution in [3.05, 3.63) is 137 Å². The minimum absolute atomic E-state index is 0.163. The Labute approximate surface area is 301 Å². The molecule has 6 nitrogen and oxygen atoms in total. The molecule has 0 fully saturated rings. The van der Waals surface area contributed by atoms with Crippen molar-refractivity contribution in [3.63, 3.8) is 0 Å². The summed E-state index contributed by atoms with van der Waals surface area (Å²) in [7, 11) is 0.313. The van der Waals surface area contributed by atoms with Crippen LogP contribution in [0.15, 0.2) is 109 Å². The summed E-state index contributed by atoms with van der Waals surface area (Å²) in [4.78, 5) is 16.5. The topological polar surface area (TPSA) is 57.2 Å². The van der Waals surface area contributed by atoms with Gasteiger partial charge in [-0.05, 0) is 87.9 Å². The molecule has 0 N–H and O–H groups in total. The zero-order valence-electron chi connectivity index (χ0n) is 30.5. The summed E-state index contributed by atoms with van der Waals surface area (Å²) in [6.07, 6.45) is -0.318. The Morgan fingerprint density at radius 2 is 1.37 bits per heavy atom. The highest BCUT2D eigenvalue weighted by Gasteiger charge is 2.50. The Morgan fingerprint density at radius 1 is 0.784 bits per heavy atom. The first-order valence-corrected chi connectivity index (χ1v) is 19.2. The fourth-order valence-electron chi connectivity index (χ4n) is 7.26. The van der Waals surface area contributed by atoms with Crippen molar-refractivity contribution >= 4 is 24.6 Å². The summed E-state index contributed by atoms with van der Waals surface area (Å²) < 4.78 is 39.4. The zero-order chi connectivity index (χ0) is 36.3. The van der Waals surface area contributed by atoms with Gasteiger partial charge in [-0.3, -0.25) is 4.79 Å². The largest absolute Gasteiger partial charge is 0.497 e. The van der Waals surface area contributed by atoms with E-state index in [4.69, 9.17) is 18.6 Å². The van der Waals surface area contributed by atoms with E-state index in [9.17, 15) is 9.18 Å². The smallest absolute Gasteiger partial charge is 0.261 e. The Morgan fingerprint density at radius 3 is 1.92 bits per heavy atom. The number of carbonyl (C=O) groups excluding carboxylic acids is 1. The monoisotopic (exact) mass is 703 g/mol. The van der Waals surface area contributed by atoms with E-state index in [0.29, 0.717) is 35.9 Å². The van der Waals surface area contributed by atoms with Crippen LogP contribution in [0.25, 0.3) is 11.1 Å². The van der Waals surface area contributed by atoms with Crippen molar-refractivity contribution in [2.24, 2.45) is 0 Å². The third-order valence-electron chi connectivity index (χ3n) is 9.60. The van der Waals surface area contributed by atoms with Gasteiger partial charge in [0.2, 0.25) is 0 Å². The highest BCUT2D eigenvalue weighted by atomic mass is 28.4. The predicted molar refractivity (Wildman–Crippen MR) is 203 cm³/mol. The molecule has 5 aromatic carbocycles. The quantitative estimate of drug-likeness (QED) is 0.137. The maximum Gasteiger partial charge on any atom is 0.261 e. The summed E-state index contributed by atoms with van der Waals surface area (Å²) in [5.41, 5.74) is 4.42. The number of halogens is 1. The summed E-state index contributed by atoms with van der Waals surface area (Å²) in [6, 6.07) is 35.3. The number of aryl methyl sites for hydroxylation is 1. The molecule has 0 spiro atoms. The molecule has 1 amide bonds. The molecule has 1 atom stereocenters. The molecule has 1 unspecified atom stereocenters. The van der Waals surface area contributed by atoms with Crippen LogP contribution in [0.4, 0.5) is 4.39 Å². The molecule has 0 aliphatic carbocycles. The molecule has 0 saturated heterocycles. The van der Waals surface area contributed by atoms with E-state index in [1.807, 2.05) is 56.3 Å². The number of methoxy groups -OCH3 is 2. The van der Waals surface area contributed by atoms with Gasteiger partial charge in [-0.25, -0.2) is 4.39 Å². The van der Waals surface area contributed by atoms with Crippen LogP contribution in [0, 0.1) is 12.7 Å². The lowest BCUT2D eigenvalue weighted by Gasteiger charge is -2.43. The number of rotatable bonds is 10. The van der Waals surface area contributed by atoms with E-state index in [1.54, 1.807) is 25.2 Å². The van der Waals surface area contributed by atoms with Gasteiger partial charge < -0.3 is 23.5 Å². The second-order valence-corrected chi connectivity index (χ2v) is 18.6. The predicted octanol–water partition coefficient (Wildman–Crippen LogP) is 8.32. The van der Waals surface area contributed by atoms with Gasteiger partial charge >= 0.3 is 0 Å². The first kappa shape index (κ1) is 35.9. The molecule has 0 bridgehead atoms. The van der Waals surface area contributed by atoms with Crippen molar-refractivity contribution in [1.82, 2.24) is 4.90 Å². The number of carbonyl (C=O) groups is 1. The molecule has 6 rings (SSSR count). The van der Waals surface area contributed by atoms with Crippen LogP contribution < -0.4 is 24.6 Å². The molecular weight excluding hydrogens is 658 g/mol. The van der Waals surface area contributed by atoms with E-state index >= 15 is 0 Å². The van der Waals surface area contributed by atoms with Crippen LogP contribution in [0.1, 0.15) is 54.7 Å². The molecular formula is C43H46FNO5Si. The maximum atomic E-state index is 14.7. The SMILES string of the molecule is COc1cc(CN2CC(C)Oc3c(cc(CO[Si](c4ccccc4)(c4ccccc4)C(C)(C)C)cc3-c3ccc(F)cc3C)C2=O)cc(OC)c1. The molecule has 264 valence electrons. The number of fused-ring (bicyclic) bond motifs is 1. The van der Waals surface area contributed by atoms with Crippen molar-refractivity contribution in [2.75, 3.05) is 20.8 Å². The van der Waals surface area contributed by atoms with Crippen molar-refractivity contribution in [1.29, 1.82) is 0 Å². The average molecular weight is 704 g/mol. The molecule has 51 heavy (non-hydrogen) atoms. The lowest BCUT2D eigenvalue weighted by Crippen LogP contribution is -2.66. The first-order valence-electron chi connectivity index (χ1n) is 17.3. The van der Waals surface area contributed by atoms with Gasteiger partial charge in [0.05, 0.1) is 32.9 Å². The van der Waals surface area contributed by atoms with Crippen molar-refractivity contribution < 1.29 is 27.8 Å². The van der Waals surface area contributed by atoms with E-state index in [-0.39, 0.29) is 29.5 Å². The van der Waals surface area contributed by atoms with Gasteiger partial charge in [0.25, 0.3) is 14.2 Å². The van der Waals surface area contributed by atoms with Gasteiger partial charge in [0.15, 0.2) is 0 Å². The van der Waals surface area contributed by atoms with Gasteiger partial charge in [-0.2, -0.15) is 0 Å². The van der Waals surface area contributed by atoms with Crippen molar-refractivity contribution in [3.8, 4) is 28.4 Å².